The van der Waals surface area contributed by atoms with Gasteiger partial charge in [-0.2, -0.15) is 0 Å². The predicted molar refractivity (Wildman–Crippen MR) is 99.7 cm³/mol. The van der Waals surface area contributed by atoms with Crippen molar-refractivity contribution >= 4 is 0 Å². The van der Waals surface area contributed by atoms with Crippen LogP contribution >= 0.6 is 0 Å². The topological polar surface area (TPSA) is 50.7 Å². The van der Waals surface area contributed by atoms with Gasteiger partial charge in [-0.05, 0) is 30.0 Å². The summed E-state index contributed by atoms with van der Waals surface area (Å²) in [6.45, 7) is 3.31. The molecule has 4 nitrogen and oxygen atoms in total. The second-order valence-corrected chi connectivity index (χ2v) is 6.77. The van der Waals surface area contributed by atoms with E-state index in [1.165, 1.54) is 5.56 Å². The molecule has 2 N–H and O–H groups in total. The molecule has 0 bridgehead atoms. The van der Waals surface area contributed by atoms with Crippen molar-refractivity contribution in [3.05, 3.63) is 54.1 Å². The maximum absolute atomic E-state index is 9.33. The molecule has 0 spiro atoms. The number of nitrogens with one attached hydrogen (secondary N) is 1. The summed E-state index contributed by atoms with van der Waals surface area (Å²) in [7, 11) is 1.71. The molecule has 4 heteroatoms. The first kappa shape index (κ1) is 17.9. The Hall–Kier alpha value is -1.88. The van der Waals surface area contributed by atoms with Crippen LogP contribution in [0.1, 0.15) is 18.4 Å². The maximum Gasteiger partial charge on any atom is 0.123 e. The molecule has 3 rings (SSSR count). The number of benzene rings is 2. The Balaban J connectivity index is 1.66. The standard InChI is InChI=1S/C21H27NO3/c1-24-20-13-18(17-5-3-2-4-6-17)7-8-19(20)14-22-15-21(9-11-23)10-12-25-16-21/h2-8,13,22-23H,9-12,14-16H2,1H3. The number of aliphatic hydroxyl groups excluding tert-OH is 1. The Labute approximate surface area is 149 Å². The molecule has 1 aliphatic heterocycles. The number of rotatable bonds is 8. The first-order valence-electron chi connectivity index (χ1n) is 8.88. The van der Waals surface area contributed by atoms with Crippen LogP contribution in [0.2, 0.25) is 0 Å². The second kappa shape index (κ2) is 8.48. The van der Waals surface area contributed by atoms with Gasteiger partial charge >= 0.3 is 0 Å². The molecule has 0 radical (unpaired) electrons. The molecule has 134 valence electrons. The van der Waals surface area contributed by atoms with Crippen molar-refractivity contribution in [2.75, 3.05) is 33.5 Å². The lowest BCUT2D eigenvalue weighted by Gasteiger charge is -2.27. The van der Waals surface area contributed by atoms with Gasteiger partial charge in [0, 0.05) is 37.3 Å². The Bertz CT molecular complexity index is 666. The van der Waals surface area contributed by atoms with Crippen LogP contribution in [0.3, 0.4) is 0 Å². The van der Waals surface area contributed by atoms with E-state index in [4.69, 9.17) is 9.47 Å². The highest BCUT2D eigenvalue weighted by Gasteiger charge is 2.33. The summed E-state index contributed by atoms with van der Waals surface area (Å²) < 4.78 is 11.1. The van der Waals surface area contributed by atoms with Gasteiger partial charge in [0.25, 0.3) is 0 Å². The highest BCUT2D eigenvalue weighted by molar-refractivity contribution is 5.66. The summed E-state index contributed by atoms with van der Waals surface area (Å²) in [5.74, 6) is 0.896. The molecule has 0 aliphatic carbocycles. The molecule has 2 aromatic rings. The zero-order valence-corrected chi connectivity index (χ0v) is 14.8. The first-order chi connectivity index (χ1) is 12.3. The summed E-state index contributed by atoms with van der Waals surface area (Å²) >= 11 is 0. The van der Waals surface area contributed by atoms with Gasteiger partial charge in [0.2, 0.25) is 0 Å². The average molecular weight is 341 g/mol. The van der Waals surface area contributed by atoms with E-state index in [0.717, 1.165) is 56.0 Å². The van der Waals surface area contributed by atoms with Crippen molar-refractivity contribution in [1.82, 2.24) is 5.32 Å². The van der Waals surface area contributed by atoms with Gasteiger partial charge in [0.1, 0.15) is 5.75 Å². The van der Waals surface area contributed by atoms with E-state index in [9.17, 15) is 5.11 Å². The third-order valence-electron chi connectivity index (χ3n) is 5.04. The van der Waals surface area contributed by atoms with E-state index in [1.54, 1.807) is 7.11 Å². The number of methoxy groups -OCH3 is 1. The molecule has 1 aliphatic rings. The van der Waals surface area contributed by atoms with Crippen LogP contribution < -0.4 is 10.1 Å². The maximum atomic E-state index is 9.33. The van der Waals surface area contributed by atoms with Gasteiger partial charge in [-0.3, -0.25) is 0 Å². The molecule has 1 atom stereocenters. The fourth-order valence-corrected chi connectivity index (χ4v) is 3.47. The van der Waals surface area contributed by atoms with Crippen LogP contribution in [0.15, 0.2) is 48.5 Å². The smallest absolute Gasteiger partial charge is 0.123 e. The van der Waals surface area contributed by atoms with Crippen LogP contribution in [0.25, 0.3) is 11.1 Å². The van der Waals surface area contributed by atoms with Gasteiger partial charge < -0.3 is 19.9 Å². The van der Waals surface area contributed by atoms with Crippen molar-refractivity contribution in [2.24, 2.45) is 5.41 Å². The van der Waals surface area contributed by atoms with Gasteiger partial charge in [-0.25, -0.2) is 0 Å². The highest BCUT2D eigenvalue weighted by atomic mass is 16.5. The first-order valence-corrected chi connectivity index (χ1v) is 8.88. The Morgan fingerprint density at radius 3 is 2.68 bits per heavy atom. The molecular weight excluding hydrogens is 314 g/mol. The summed E-state index contributed by atoms with van der Waals surface area (Å²) in [6, 6.07) is 16.7. The van der Waals surface area contributed by atoms with Crippen LogP contribution in [-0.2, 0) is 11.3 Å². The van der Waals surface area contributed by atoms with E-state index in [2.05, 4.69) is 35.6 Å². The fraction of sp³-hybridized carbons (Fsp3) is 0.429. The summed E-state index contributed by atoms with van der Waals surface area (Å²) in [6.07, 6.45) is 1.79. The van der Waals surface area contributed by atoms with E-state index in [1.807, 2.05) is 18.2 Å². The van der Waals surface area contributed by atoms with Gasteiger partial charge in [-0.1, -0.05) is 42.5 Å². The number of aliphatic hydroxyl groups is 1. The fourth-order valence-electron chi connectivity index (χ4n) is 3.47. The van der Waals surface area contributed by atoms with E-state index in [-0.39, 0.29) is 12.0 Å². The van der Waals surface area contributed by atoms with E-state index < -0.39 is 0 Å². The average Bonchev–Trinajstić information content (AvgIpc) is 3.11. The lowest BCUT2D eigenvalue weighted by Crippen LogP contribution is -2.35. The molecule has 0 amide bonds. The Morgan fingerprint density at radius 2 is 2.00 bits per heavy atom. The van der Waals surface area contributed by atoms with Gasteiger partial charge in [-0.15, -0.1) is 0 Å². The van der Waals surface area contributed by atoms with Crippen molar-refractivity contribution in [3.63, 3.8) is 0 Å². The minimum absolute atomic E-state index is 0.0615. The molecule has 0 saturated carbocycles. The Kier molecular flexibility index (Phi) is 6.08. The van der Waals surface area contributed by atoms with E-state index >= 15 is 0 Å². The third kappa shape index (κ3) is 4.40. The SMILES string of the molecule is COc1cc(-c2ccccc2)ccc1CNCC1(CCO)CCOC1. The van der Waals surface area contributed by atoms with Crippen molar-refractivity contribution in [3.8, 4) is 16.9 Å². The van der Waals surface area contributed by atoms with Crippen LogP contribution in [-0.4, -0.2) is 38.6 Å². The largest absolute Gasteiger partial charge is 0.496 e. The van der Waals surface area contributed by atoms with Crippen molar-refractivity contribution in [2.45, 2.75) is 19.4 Å². The number of hydrogen-bond donors (Lipinski definition) is 2. The third-order valence-corrected chi connectivity index (χ3v) is 5.04. The second-order valence-electron chi connectivity index (χ2n) is 6.77. The highest BCUT2D eigenvalue weighted by Crippen LogP contribution is 2.32. The monoisotopic (exact) mass is 341 g/mol. The quantitative estimate of drug-likeness (QED) is 0.774. The van der Waals surface area contributed by atoms with E-state index in [0.29, 0.717) is 0 Å². The van der Waals surface area contributed by atoms with Gasteiger partial charge in [0.05, 0.1) is 13.7 Å². The normalized spacial score (nSPS) is 19.9. The zero-order chi connectivity index (χ0) is 17.5. The summed E-state index contributed by atoms with van der Waals surface area (Å²) in [4.78, 5) is 0. The molecule has 0 aromatic heterocycles. The minimum atomic E-state index is 0.0615. The van der Waals surface area contributed by atoms with Crippen LogP contribution in [0.5, 0.6) is 5.75 Å². The molecule has 1 saturated heterocycles. The number of hydrogen-bond acceptors (Lipinski definition) is 4. The molecule has 1 unspecified atom stereocenters. The van der Waals surface area contributed by atoms with Crippen molar-refractivity contribution in [1.29, 1.82) is 0 Å². The molecule has 25 heavy (non-hydrogen) atoms. The lowest BCUT2D eigenvalue weighted by atomic mass is 9.84. The summed E-state index contributed by atoms with van der Waals surface area (Å²) in [5.41, 5.74) is 3.54. The molecule has 1 fully saturated rings. The molecule has 2 aromatic carbocycles. The van der Waals surface area contributed by atoms with Crippen molar-refractivity contribution < 1.29 is 14.6 Å². The predicted octanol–water partition coefficient (Wildman–Crippen LogP) is 3.24. The number of ether oxygens (including phenoxy) is 2. The summed E-state index contributed by atoms with van der Waals surface area (Å²) in [5, 5.41) is 12.9. The van der Waals surface area contributed by atoms with Gasteiger partial charge in [0.15, 0.2) is 0 Å². The Morgan fingerprint density at radius 1 is 1.16 bits per heavy atom. The zero-order valence-electron chi connectivity index (χ0n) is 14.8. The molecule has 1 heterocycles. The lowest BCUT2D eigenvalue weighted by molar-refractivity contribution is 0.124. The minimum Gasteiger partial charge on any atom is -0.496 e. The van der Waals surface area contributed by atoms with Crippen LogP contribution in [0, 0.1) is 5.41 Å². The van der Waals surface area contributed by atoms with Crippen LogP contribution in [0.4, 0.5) is 0 Å². The molecular formula is C21H27NO3.